The van der Waals surface area contributed by atoms with Crippen molar-refractivity contribution in [3.63, 3.8) is 0 Å². The first kappa shape index (κ1) is 17.8. The van der Waals surface area contributed by atoms with E-state index in [-0.39, 0.29) is 30.3 Å². The van der Waals surface area contributed by atoms with E-state index >= 15 is 0 Å². The first-order chi connectivity index (χ1) is 12.0. The SMILES string of the molecule is CN1C(=O)C[C@H](C(=O)NC2CCC(C(F)F)CC2)[C@H]1c1cccnc1. The monoisotopic (exact) mass is 351 g/mol. The van der Waals surface area contributed by atoms with Crippen molar-refractivity contribution < 1.29 is 18.4 Å². The van der Waals surface area contributed by atoms with Crippen LogP contribution in [0, 0.1) is 11.8 Å². The van der Waals surface area contributed by atoms with E-state index in [9.17, 15) is 18.4 Å². The summed E-state index contributed by atoms with van der Waals surface area (Å²) in [4.78, 5) is 30.5. The molecule has 1 aromatic rings. The summed E-state index contributed by atoms with van der Waals surface area (Å²) in [5, 5.41) is 2.98. The predicted octanol–water partition coefficient (Wildman–Crippen LogP) is 2.54. The van der Waals surface area contributed by atoms with Crippen LogP contribution in [0.25, 0.3) is 0 Å². The summed E-state index contributed by atoms with van der Waals surface area (Å²) < 4.78 is 25.5. The van der Waals surface area contributed by atoms with Crippen LogP contribution in [0.4, 0.5) is 8.78 Å². The second-order valence-corrected chi connectivity index (χ2v) is 7.00. The van der Waals surface area contributed by atoms with Crippen LogP contribution in [0.5, 0.6) is 0 Å². The van der Waals surface area contributed by atoms with E-state index in [1.165, 1.54) is 0 Å². The van der Waals surface area contributed by atoms with Crippen LogP contribution in [0.2, 0.25) is 0 Å². The molecule has 0 bridgehead atoms. The fourth-order valence-corrected chi connectivity index (χ4v) is 3.94. The van der Waals surface area contributed by atoms with Crippen molar-refractivity contribution in [3.8, 4) is 0 Å². The van der Waals surface area contributed by atoms with Crippen LogP contribution in [-0.4, -0.2) is 41.2 Å². The molecule has 2 amide bonds. The van der Waals surface area contributed by atoms with Gasteiger partial charge in [0, 0.05) is 37.8 Å². The molecule has 0 aromatic carbocycles. The molecule has 2 heterocycles. The number of amides is 2. The molecular weight excluding hydrogens is 328 g/mol. The zero-order valence-corrected chi connectivity index (χ0v) is 14.2. The van der Waals surface area contributed by atoms with Gasteiger partial charge in [0.1, 0.15) is 0 Å². The molecule has 0 unspecified atom stereocenters. The topological polar surface area (TPSA) is 62.3 Å². The lowest BCUT2D eigenvalue weighted by Crippen LogP contribution is -2.42. The molecule has 1 saturated heterocycles. The maximum absolute atomic E-state index is 12.7. The third kappa shape index (κ3) is 3.80. The van der Waals surface area contributed by atoms with Gasteiger partial charge < -0.3 is 10.2 Å². The number of likely N-dealkylation sites (tertiary alicyclic amines) is 1. The maximum Gasteiger partial charge on any atom is 0.241 e. The van der Waals surface area contributed by atoms with Crippen LogP contribution in [0.3, 0.4) is 0 Å². The van der Waals surface area contributed by atoms with Gasteiger partial charge in [-0.15, -0.1) is 0 Å². The van der Waals surface area contributed by atoms with E-state index in [4.69, 9.17) is 0 Å². The molecule has 25 heavy (non-hydrogen) atoms. The lowest BCUT2D eigenvalue weighted by atomic mass is 9.85. The van der Waals surface area contributed by atoms with E-state index in [0.29, 0.717) is 25.7 Å². The fourth-order valence-electron chi connectivity index (χ4n) is 3.94. The molecule has 0 spiro atoms. The minimum absolute atomic E-state index is 0.0737. The Labute approximate surface area is 145 Å². The summed E-state index contributed by atoms with van der Waals surface area (Å²) in [7, 11) is 1.70. The van der Waals surface area contributed by atoms with E-state index in [2.05, 4.69) is 10.3 Å². The molecule has 1 saturated carbocycles. The summed E-state index contributed by atoms with van der Waals surface area (Å²) in [5.41, 5.74) is 0.831. The van der Waals surface area contributed by atoms with Gasteiger partial charge in [0.05, 0.1) is 12.0 Å². The number of pyridine rings is 1. The van der Waals surface area contributed by atoms with Crippen molar-refractivity contribution in [1.29, 1.82) is 0 Å². The van der Waals surface area contributed by atoms with Crippen molar-refractivity contribution >= 4 is 11.8 Å². The number of halogens is 2. The second-order valence-electron chi connectivity index (χ2n) is 7.00. The molecule has 1 aliphatic carbocycles. The highest BCUT2D eigenvalue weighted by Gasteiger charge is 2.43. The summed E-state index contributed by atoms with van der Waals surface area (Å²) in [6.45, 7) is 0. The van der Waals surface area contributed by atoms with Gasteiger partial charge in [0.2, 0.25) is 18.2 Å². The fraction of sp³-hybridized carbons (Fsp3) is 0.611. The average Bonchev–Trinajstić information content (AvgIpc) is 2.91. The third-order valence-electron chi connectivity index (χ3n) is 5.42. The Morgan fingerprint density at radius 1 is 1.32 bits per heavy atom. The minimum Gasteiger partial charge on any atom is -0.353 e. The Hall–Kier alpha value is -2.05. The molecule has 2 atom stereocenters. The van der Waals surface area contributed by atoms with Crippen molar-refractivity contribution in [3.05, 3.63) is 30.1 Å². The van der Waals surface area contributed by atoms with E-state index in [1.54, 1.807) is 30.4 Å². The smallest absolute Gasteiger partial charge is 0.241 e. The molecule has 136 valence electrons. The molecule has 3 rings (SSSR count). The molecule has 0 radical (unpaired) electrons. The van der Waals surface area contributed by atoms with Crippen LogP contribution < -0.4 is 5.32 Å². The Bertz CT molecular complexity index is 618. The number of rotatable bonds is 4. The Morgan fingerprint density at radius 3 is 2.64 bits per heavy atom. The first-order valence-electron chi connectivity index (χ1n) is 8.71. The first-order valence-corrected chi connectivity index (χ1v) is 8.71. The number of hydrogen-bond acceptors (Lipinski definition) is 3. The molecule has 2 fully saturated rings. The van der Waals surface area contributed by atoms with Crippen molar-refractivity contribution in [2.75, 3.05) is 7.05 Å². The molecule has 1 aliphatic heterocycles. The van der Waals surface area contributed by atoms with E-state index in [1.807, 2.05) is 6.07 Å². The Kier molecular flexibility index (Phi) is 5.30. The number of nitrogens with zero attached hydrogens (tertiary/aromatic N) is 2. The van der Waals surface area contributed by atoms with Crippen molar-refractivity contribution in [1.82, 2.24) is 15.2 Å². The van der Waals surface area contributed by atoms with E-state index in [0.717, 1.165) is 5.56 Å². The molecular formula is C18H23F2N3O2. The summed E-state index contributed by atoms with van der Waals surface area (Å²) in [6.07, 6.45) is 3.19. The Morgan fingerprint density at radius 2 is 2.04 bits per heavy atom. The van der Waals surface area contributed by atoms with Gasteiger partial charge in [-0.1, -0.05) is 6.07 Å². The highest BCUT2D eigenvalue weighted by molar-refractivity contribution is 5.90. The zero-order chi connectivity index (χ0) is 18.0. The van der Waals surface area contributed by atoms with Gasteiger partial charge in [0.25, 0.3) is 0 Å². The number of aromatic nitrogens is 1. The van der Waals surface area contributed by atoms with Crippen LogP contribution in [-0.2, 0) is 9.59 Å². The normalized spacial score (nSPS) is 29.9. The standard InChI is InChI=1S/C18H23F2N3O2/c1-23-15(24)9-14(16(23)12-3-2-8-21-10-12)18(25)22-13-6-4-11(5-7-13)17(19)20/h2-3,8,10-11,13-14,16-17H,4-7,9H2,1H3,(H,22,25)/t11?,13?,14-,16+/m0/s1. The summed E-state index contributed by atoms with van der Waals surface area (Å²) >= 11 is 0. The van der Waals surface area contributed by atoms with Gasteiger partial charge in [-0.05, 0) is 37.3 Å². The zero-order valence-electron chi connectivity index (χ0n) is 14.2. The average molecular weight is 351 g/mol. The number of hydrogen-bond donors (Lipinski definition) is 1. The minimum atomic E-state index is -2.28. The lowest BCUT2D eigenvalue weighted by molar-refractivity contribution is -0.128. The van der Waals surface area contributed by atoms with E-state index < -0.39 is 18.3 Å². The predicted molar refractivity (Wildman–Crippen MR) is 87.7 cm³/mol. The highest BCUT2D eigenvalue weighted by atomic mass is 19.3. The third-order valence-corrected chi connectivity index (χ3v) is 5.42. The van der Waals surface area contributed by atoms with Crippen LogP contribution in [0.15, 0.2) is 24.5 Å². The number of carbonyl (C=O) groups is 2. The van der Waals surface area contributed by atoms with Gasteiger partial charge in [-0.3, -0.25) is 14.6 Å². The van der Waals surface area contributed by atoms with Gasteiger partial charge >= 0.3 is 0 Å². The second kappa shape index (κ2) is 7.45. The summed E-state index contributed by atoms with van der Waals surface area (Å²) in [6, 6.07) is 3.23. The quantitative estimate of drug-likeness (QED) is 0.907. The molecule has 1 aromatic heterocycles. The van der Waals surface area contributed by atoms with Crippen LogP contribution in [0.1, 0.15) is 43.7 Å². The van der Waals surface area contributed by atoms with Gasteiger partial charge in [0.15, 0.2) is 0 Å². The van der Waals surface area contributed by atoms with Gasteiger partial charge in [-0.2, -0.15) is 0 Å². The maximum atomic E-state index is 12.7. The van der Waals surface area contributed by atoms with Crippen molar-refractivity contribution in [2.45, 2.75) is 50.6 Å². The summed E-state index contributed by atoms with van der Waals surface area (Å²) in [5.74, 6) is -1.28. The van der Waals surface area contributed by atoms with Gasteiger partial charge in [-0.25, -0.2) is 8.78 Å². The number of alkyl halides is 2. The number of carbonyl (C=O) groups excluding carboxylic acids is 2. The van der Waals surface area contributed by atoms with Crippen LogP contribution >= 0.6 is 0 Å². The molecule has 1 N–H and O–H groups in total. The lowest BCUT2D eigenvalue weighted by Gasteiger charge is -2.30. The number of nitrogens with one attached hydrogen (secondary N) is 1. The molecule has 7 heteroatoms. The molecule has 2 aliphatic rings. The largest absolute Gasteiger partial charge is 0.353 e. The molecule has 5 nitrogen and oxygen atoms in total. The van der Waals surface area contributed by atoms with Crippen molar-refractivity contribution in [2.24, 2.45) is 11.8 Å². The Balaban J connectivity index is 1.65. The highest BCUT2D eigenvalue weighted by Crippen LogP contribution is 2.37.